The Morgan fingerprint density at radius 3 is 2.90 bits per heavy atom. The van der Waals surface area contributed by atoms with E-state index in [9.17, 15) is 4.39 Å². The summed E-state index contributed by atoms with van der Waals surface area (Å²) < 4.78 is 15.7. The van der Waals surface area contributed by atoms with E-state index in [0.717, 1.165) is 27.5 Å². The van der Waals surface area contributed by atoms with Gasteiger partial charge in [-0.3, -0.25) is 0 Å². The van der Waals surface area contributed by atoms with E-state index in [0.29, 0.717) is 0 Å². The van der Waals surface area contributed by atoms with Crippen molar-refractivity contribution >= 4 is 27.7 Å². The first-order chi connectivity index (χ1) is 9.61. The normalized spacial score (nSPS) is 12.6. The molecule has 0 bridgehead atoms. The number of aryl methyl sites for hydroxylation is 1. The molecular weight excluding hydrogens is 343 g/mol. The molecule has 0 fully saturated rings. The zero-order valence-electron chi connectivity index (χ0n) is 11.3. The van der Waals surface area contributed by atoms with E-state index < -0.39 is 0 Å². The van der Waals surface area contributed by atoms with E-state index in [1.54, 1.807) is 28.6 Å². The second-order valence-electron chi connectivity index (χ2n) is 4.27. The number of nitrogens with one attached hydrogen (secondary N) is 1. The average Bonchev–Trinajstić information content (AvgIpc) is 2.75. The highest BCUT2D eigenvalue weighted by molar-refractivity contribution is 9.10. The molecule has 2 rings (SSSR count). The zero-order valence-corrected chi connectivity index (χ0v) is 13.7. The minimum atomic E-state index is -0.210. The lowest BCUT2D eigenvalue weighted by molar-refractivity contribution is 0.548. The molecule has 0 aliphatic rings. The second kappa shape index (κ2) is 7.19. The summed E-state index contributed by atoms with van der Waals surface area (Å²) in [5.74, 6) is 0.565. The van der Waals surface area contributed by atoms with Crippen LogP contribution in [0.15, 0.2) is 33.8 Å². The molecule has 1 atom stereocenters. The highest BCUT2D eigenvalue weighted by atomic mass is 79.9. The fourth-order valence-electron chi connectivity index (χ4n) is 1.93. The average molecular weight is 359 g/mol. The Bertz CT molecular complexity index is 556. The van der Waals surface area contributed by atoms with Crippen molar-refractivity contribution in [1.29, 1.82) is 0 Å². The number of rotatable bonds is 6. The molecular formula is C13H16BrFN4S. The molecule has 4 nitrogen and oxygen atoms in total. The molecule has 108 valence electrons. The zero-order chi connectivity index (χ0) is 14.5. The van der Waals surface area contributed by atoms with Gasteiger partial charge in [-0.15, -0.1) is 16.9 Å². The third-order valence-corrected chi connectivity index (χ3v) is 4.47. The van der Waals surface area contributed by atoms with Crippen molar-refractivity contribution in [3.05, 3.63) is 40.4 Å². The first-order valence-electron chi connectivity index (χ1n) is 6.28. The maximum Gasteiger partial charge on any atom is 0.153 e. The van der Waals surface area contributed by atoms with Crippen molar-refractivity contribution in [2.24, 2.45) is 7.05 Å². The summed E-state index contributed by atoms with van der Waals surface area (Å²) in [6.45, 7) is 2.89. The first-order valence-corrected chi connectivity index (χ1v) is 8.06. The van der Waals surface area contributed by atoms with Gasteiger partial charge in [-0.25, -0.2) is 9.07 Å². The van der Waals surface area contributed by atoms with Crippen LogP contribution in [0.1, 0.15) is 18.7 Å². The SMILES string of the molecule is CCNC(CSc1cccc(F)c1)c1c(Br)nnn1C. The number of aromatic nitrogens is 3. The van der Waals surface area contributed by atoms with Crippen LogP contribution in [-0.2, 0) is 7.05 Å². The van der Waals surface area contributed by atoms with Crippen LogP contribution in [0.5, 0.6) is 0 Å². The molecule has 20 heavy (non-hydrogen) atoms. The summed E-state index contributed by atoms with van der Waals surface area (Å²) in [6, 6.07) is 6.73. The minimum Gasteiger partial charge on any atom is -0.308 e. The molecule has 1 unspecified atom stereocenters. The van der Waals surface area contributed by atoms with Crippen LogP contribution in [0.4, 0.5) is 4.39 Å². The number of thioether (sulfide) groups is 1. The van der Waals surface area contributed by atoms with Crippen molar-refractivity contribution in [3.8, 4) is 0 Å². The monoisotopic (exact) mass is 358 g/mol. The summed E-state index contributed by atoms with van der Waals surface area (Å²) in [4.78, 5) is 0.916. The molecule has 1 aromatic carbocycles. The third kappa shape index (κ3) is 3.80. The standard InChI is InChI=1S/C13H16BrFN4S/c1-3-16-11(12-13(14)17-18-19(12)2)8-20-10-6-4-5-9(15)7-10/h4-7,11,16H,3,8H2,1-2H3. The predicted octanol–water partition coefficient (Wildman–Crippen LogP) is 3.16. The van der Waals surface area contributed by atoms with E-state index in [4.69, 9.17) is 0 Å². The summed E-state index contributed by atoms with van der Waals surface area (Å²) in [6.07, 6.45) is 0. The Morgan fingerprint density at radius 1 is 1.50 bits per heavy atom. The summed E-state index contributed by atoms with van der Waals surface area (Å²) in [7, 11) is 1.87. The Morgan fingerprint density at radius 2 is 2.30 bits per heavy atom. The molecule has 0 spiro atoms. The van der Waals surface area contributed by atoms with Gasteiger partial charge >= 0.3 is 0 Å². The van der Waals surface area contributed by atoms with Gasteiger partial charge in [-0.1, -0.05) is 18.2 Å². The lowest BCUT2D eigenvalue weighted by atomic mass is 10.2. The van der Waals surface area contributed by atoms with Crippen LogP contribution >= 0.6 is 27.7 Å². The molecule has 7 heteroatoms. The topological polar surface area (TPSA) is 42.7 Å². The number of hydrogen-bond donors (Lipinski definition) is 1. The van der Waals surface area contributed by atoms with Gasteiger partial charge in [0.1, 0.15) is 5.82 Å². The molecule has 0 saturated carbocycles. The van der Waals surface area contributed by atoms with E-state index in [1.807, 2.05) is 13.1 Å². The maximum atomic E-state index is 13.2. The lowest BCUT2D eigenvalue weighted by Gasteiger charge is -2.17. The highest BCUT2D eigenvalue weighted by Gasteiger charge is 2.19. The van der Waals surface area contributed by atoms with Crippen molar-refractivity contribution in [2.45, 2.75) is 17.9 Å². The van der Waals surface area contributed by atoms with Crippen molar-refractivity contribution in [3.63, 3.8) is 0 Å². The number of benzene rings is 1. The van der Waals surface area contributed by atoms with Crippen LogP contribution in [0.25, 0.3) is 0 Å². The number of halogens is 2. The maximum absolute atomic E-state index is 13.2. The van der Waals surface area contributed by atoms with Crippen LogP contribution in [-0.4, -0.2) is 27.3 Å². The Kier molecular flexibility index (Phi) is 5.56. The van der Waals surface area contributed by atoms with Crippen molar-refractivity contribution in [2.75, 3.05) is 12.3 Å². The molecule has 0 amide bonds. The van der Waals surface area contributed by atoms with Gasteiger partial charge < -0.3 is 5.32 Å². The summed E-state index contributed by atoms with van der Waals surface area (Å²) in [5.41, 5.74) is 0.996. The van der Waals surface area contributed by atoms with E-state index >= 15 is 0 Å². The van der Waals surface area contributed by atoms with Crippen molar-refractivity contribution < 1.29 is 4.39 Å². The predicted molar refractivity (Wildman–Crippen MR) is 82.2 cm³/mol. The largest absolute Gasteiger partial charge is 0.308 e. The van der Waals surface area contributed by atoms with Crippen molar-refractivity contribution in [1.82, 2.24) is 20.3 Å². The van der Waals surface area contributed by atoms with Gasteiger partial charge in [-0.05, 0) is 40.7 Å². The molecule has 1 heterocycles. The molecule has 2 aromatic rings. The smallest absolute Gasteiger partial charge is 0.153 e. The van der Waals surface area contributed by atoms with E-state index in [2.05, 4.69) is 38.5 Å². The van der Waals surface area contributed by atoms with Gasteiger partial charge in [0.25, 0.3) is 0 Å². The summed E-state index contributed by atoms with van der Waals surface area (Å²) in [5, 5.41) is 11.4. The highest BCUT2D eigenvalue weighted by Crippen LogP contribution is 2.27. The van der Waals surface area contributed by atoms with Gasteiger partial charge in [-0.2, -0.15) is 0 Å². The molecule has 0 aliphatic heterocycles. The Labute approximate surface area is 130 Å². The molecule has 0 aliphatic carbocycles. The van der Waals surface area contributed by atoms with Crippen LogP contribution < -0.4 is 5.32 Å². The second-order valence-corrected chi connectivity index (χ2v) is 6.11. The minimum absolute atomic E-state index is 0.0997. The quantitative estimate of drug-likeness (QED) is 0.805. The van der Waals surface area contributed by atoms with Crippen LogP contribution in [0, 0.1) is 5.82 Å². The number of hydrogen-bond acceptors (Lipinski definition) is 4. The molecule has 0 saturated heterocycles. The van der Waals surface area contributed by atoms with Crippen LogP contribution in [0.2, 0.25) is 0 Å². The summed E-state index contributed by atoms with van der Waals surface area (Å²) >= 11 is 5.03. The van der Waals surface area contributed by atoms with Gasteiger partial charge in [0.05, 0.1) is 11.7 Å². The third-order valence-electron chi connectivity index (χ3n) is 2.82. The van der Waals surface area contributed by atoms with Gasteiger partial charge in [0.2, 0.25) is 0 Å². The fraction of sp³-hybridized carbons (Fsp3) is 0.385. The number of nitrogens with zero attached hydrogens (tertiary/aromatic N) is 3. The Hall–Kier alpha value is -0.920. The molecule has 0 radical (unpaired) electrons. The fourth-order valence-corrected chi connectivity index (χ4v) is 3.54. The molecule has 1 aromatic heterocycles. The first kappa shape index (κ1) is 15.5. The Balaban J connectivity index is 2.10. The van der Waals surface area contributed by atoms with E-state index in [1.165, 1.54) is 6.07 Å². The van der Waals surface area contributed by atoms with Gasteiger partial charge in [0.15, 0.2) is 4.60 Å². The van der Waals surface area contributed by atoms with Gasteiger partial charge in [0, 0.05) is 17.7 Å². The van der Waals surface area contributed by atoms with E-state index in [-0.39, 0.29) is 11.9 Å². The van der Waals surface area contributed by atoms with Crippen LogP contribution in [0.3, 0.4) is 0 Å². The lowest BCUT2D eigenvalue weighted by Crippen LogP contribution is -2.25. The molecule has 1 N–H and O–H groups in total.